The highest BCUT2D eigenvalue weighted by atomic mass is 32.2. The Morgan fingerprint density at radius 3 is 2.50 bits per heavy atom. The maximum atomic E-state index is 12.9. The van der Waals surface area contributed by atoms with Crippen LogP contribution in [0.25, 0.3) is 0 Å². The van der Waals surface area contributed by atoms with Crippen molar-refractivity contribution in [2.75, 3.05) is 6.54 Å². The molecule has 11 heteroatoms. The van der Waals surface area contributed by atoms with Crippen molar-refractivity contribution in [2.45, 2.75) is 17.4 Å². The minimum atomic E-state index is -4.53. The SMILES string of the molecule is O=[N+]([O-])c1cc(F)ccc1S(=O)(=O)NCC(O)C(F)F. The lowest BCUT2D eigenvalue weighted by atomic mass is 10.3. The number of hydrogen-bond acceptors (Lipinski definition) is 5. The van der Waals surface area contributed by atoms with Crippen molar-refractivity contribution in [3.63, 3.8) is 0 Å². The molecular formula is C9H9F3N2O5S. The molecule has 0 fully saturated rings. The number of benzene rings is 1. The van der Waals surface area contributed by atoms with Crippen LogP contribution in [0.15, 0.2) is 23.1 Å². The number of halogens is 3. The van der Waals surface area contributed by atoms with Crippen molar-refractivity contribution in [3.05, 3.63) is 34.1 Å². The molecule has 0 heterocycles. The maximum absolute atomic E-state index is 12.9. The molecule has 0 aliphatic carbocycles. The summed E-state index contributed by atoms with van der Waals surface area (Å²) in [5, 5.41) is 19.4. The monoisotopic (exact) mass is 314 g/mol. The van der Waals surface area contributed by atoms with Gasteiger partial charge in [-0.3, -0.25) is 10.1 Å². The van der Waals surface area contributed by atoms with Gasteiger partial charge in [0.15, 0.2) is 4.90 Å². The molecule has 0 amide bonds. The van der Waals surface area contributed by atoms with E-state index in [2.05, 4.69) is 0 Å². The molecule has 0 aromatic heterocycles. The number of sulfonamides is 1. The molecule has 1 aromatic rings. The highest BCUT2D eigenvalue weighted by Crippen LogP contribution is 2.24. The van der Waals surface area contributed by atoms with Crippen LogP contribution in [-0.4, -0.2) is 37.5 Å². The first-order chi connectivity index (χ1) is 9.15. The molecule has 0 aliphatic heterocycles. The smallest absolute Gasteiger partial charge is 0.292 e. The van der Waals surface area contributed by atoms with Crippen LogP contribution in [0.2, 0.25) is 0 Å². The molecule has 2 N–H and O–H groups in total. The first-order valence-electron chi connectivity index (χ1n) is 5.05. The van der Waals surface area contributed by atoms with Gasteiger partial charge >= 0.3 is 0 Å². The number of rotatable bonds is 6. The van der Waals surface area contributed by atoms with E-state index >= 15 is 0 Å². The molecule has 1 aromatic carbocycles. The Kier molecular flexibility index (Phi) is 5.03. The average molecular weight is 314 g/mol. The van der Waals surface area contributed by atoms with Crippen LogP contribution < -0.4 is 4.72 Å². The number of nitrogens with one attached hydrogen (secondary N) is 1. The molecule has 1 atom stereocenters. The Morgan fingerprint density at radius 1 is 1.40 bits per heavy atom. The zero-order chi connectivity index (χ0) is 15.5. The van der Waals surface area contributed by atoms with Crippen LogP contribution in [0.4, 0.5) is 18.9 Å². The number of aliphatic hydroxyl groups is 1. The second-order valence-electron chi connectivity index (χ2n) is 3.62. The van der Waals surface area contributed by atoms with Gasteiger partial charge in [-0.25, -0.2) is 26.3 Å². The van der Waals surface area contributed by atoms with Crippen molar-refractivity contribution in [1.29, 1.82) is 0 Å². The summed E-state index contributed by atoms with van der Waals surface area (Å²) in [5.74, 6) is -1.02. The molecule has 112 valence electrons. The molecule has 7 nitrogen and oxygen atoms in total. The van der Waals surface area contributed by atoms with Gasteiger partial charge in [-0.1, -0.05) is 0 Å². The predicted molar refractivity (Wildman–Crippen MR) is 60.3 cm³/mol. The normalized spacial score (nSPS) is 13.4. The molecule has 0 radical (unpaired) electrons. The van der Waals surface area contributed by atoms with Crippen molar-refractivity contribution in [2.24, 2.45) is 0 Å². The predicted octanol–water partition coefficient (Wildman–Crippen LogP) is 0.638. The summed E-state index contributed by atoms with van der Waals surface area (Å²) in [7, 11) is -4.53. The van der Waals surface area contributed by atoms with Crippen LogP contribution in [0.1, 0.15) is 0 Å². The van der Waals surface area contributed by atoms with Gasteiger partial charge in [-0.2, -0.15) is 0 Å². The van der Waals surface area contributed by atoms with Crippen molar-refractivity contribution in [1.82, 2.24) is 4.72 Å². The van der Waals surface area contributed by atoms with Crippen molar-refractivity contribution < 1.29 is 31.6 Å². The van der Waals surface area contributed by atoms with Gasteiger partial charge in [0.1, 0.15) is 11.9 Å². The lowest BCUT2D eigenvalue weighted by Crippen LogP contribution is -2.36. The van der Waals surface area contributed by atoms with Gasteiger partial charge in [0, 0.05) is 6.54 Å². The van der Waals surface area contributed by atoms with E-state index in [-0.39, 0.29) is 0 Å². The topological polar surface area (TPSA) is 110 Å². The fourth-order valence-electron chi connectivity index (χ4n) is 1.22. The van der Waals surface area contributed by atoms with Crippen LogP contribution in [-0.2, 0) is 10.0 Å². The number of aliphatic hydroxyl groups excluding tert-OH is 1. The summed E-state index contributed by atoms with van der Waals surface area (Å²) in [5.41, 5.74) is -1.04. The average Bonchev–Trinajstić information content (AvgIpc) is 2.35. The second kappa shape index (κ2) is 6.15. The number of nitrogens with zero attached hydrogens (tertiary/aromatic N) is 1. The molecule has 1 unspecified atom stereocenters. The molecule has 0 aliphatic rings. The Bertz CT molecular complexity index is 608. The Balaban J connectivity index is 3.07. The third-order valence-electron chi connectivity index (χ3n) is 2.18. The molecule has 0 spiro atoms. The molecule has 20 heavy (non-hydrogen) atoms. The fourth-order valence-corrected chi connectivity index (χ4v) is 2.42. The highest BCUT2D eigenvalue weighted by molar-refractivity contribution is 7.89. The standard InChI is InChI=1S/C9H9F3N2O5S/c10-5-1-2-8(6(3-5)14(16)17)20(18,19)13-4-7(15)9(11)12/h1-3,7,9,13,15H,4H2. The van der Waals surface area contributed by atoms with Gasteiger partial charge in [0.2, 0.25) is 10.0 Å². The summed E-state index contributed by atoms with van der Waals surface area (Å²) in [6.07, 6.45) is -5.44. The fraction of sp³-hybridized carbons (Fsp3) is 0.333. The van der Waals surface area contributed by atoms with Crippen LogP contribution in [0, 0.1) is 15.9 Å². The highest BCUT2D eigenvalue weighted by Gasteiger charge is 2.28. The minimum Gasteiger partial charge on any atom is -0.386 e. The first-order valence-corrected chi connectivity index (χ1v) is 6.53. The number of nitro benzene ring substituents is 1. The van der Waals surface area contributed by atoms with Gasteiger partial charge in [-0.15, -0.1) is 0 Å². The van der Waals surface area contributed by atoms with E-state index < -0.39 is 50.4 Å². The largest absolute Gasteiger partial charge is 0.386 e. The lowest BCUT2D eigenvalue weighted by Gasteiger charge is -2.11. The van der Waals surface area contributed by atoms with E-state index in [1.54, 1.807) is 4.72 Å². The third-order valence-corrected chi connectivity index (χ3v) is 3.65. The molecule has 1 rings (SSSR count). The summed E-state index contributed by atoms with van der Waals surface area (Å²) >= 11 is 0. The Hall–Kier alpha value is -1.72. The van der Waals surface area contributed by atoms with E-state index in [9.17, 15) is 31.7 Å². The van der Waals surface area contributed by atoms with Crippen LogP contribution in [0.3, 0.4) is 0 Å². The van der Waals surface area contributed by atoms with Crippen molar-refractivity contribution >= 4 is 15.7 Å². The summed E-state index contributed by atoms with van der Waals surface area (Å²) < 4.78 is 61.9. The van der Waals surface area contributed by atoms with E-state index in [1.165, 1.54) is 0 Å². The number of alkyl halides is 2. The molecule has 0 bridgehead atoms. The Morgan fingerprint density at radius 2 is 2.00 bits per heavy atom. The summed E-state index contributed by atoms with van der Waals surface area (Å²) in [4.78, 5) is 8.64. The summed E-state index contributed by atoms with van der Waals surface area (Å²) in [6.45, 7) is -1.03. The van der Waals surface area contributed by atoms with Gasteiger partial charge < -0.3 is 5.11 Å². The Labute approximate surface area is 111 Å². The molecule has 0 saturated carbocycles. The van der Waals surface area contributed by atoms with Crippen LogP contribution >= 0.6 is 0 Å². The summed E-state index contributed by atoms with van der Waals surface area (Å²) in [6, 6.07) is 1.69. The zero-order valence-electron chi connectivity index (χ0n) is 9.66. The third kappa shape index (κ3) is 3.88. The van der Waals surface area contributed by atoms with Gasteiger partial charge in [-0.05, 0) is 12.1 Å². The van der Waals surface area contributed by atoms with E-state index in [4.69, 9.17) is 5.11 Å². The van der Waals surface area contributed by atoms with Crippen LogP contribution in [0.5, 0.6) is 0 Å². The molecular weight excluding hydrogens is 305 g/mol. The number of nitro groups is 1. The lowest BCUT2D eigenvalue weighted by molar-refractivity contribution is -0.388. The second-order valence-corrected chi connectivity index (χ2v) is 5.36. The van der Waals surface area contributed by atoms with E-state index in [1.807, 2.05) is 0 Å². The van der Waals surface area contributed by atoms with Crippen molar-refractivity contribution in [3.8, 4) is 0 Å². The number of hydrogen-bond donors (Lipinski definition) is 2. The maximum Gasteiger partial charge on any atom is 0.292 e. The first kappa shape index (κ1) is 16.3. The van der Waals surface area contributed by atoms with Gasteiger partial charge in [0.05, 0.1) is 11.0 Å². The zero-order valence-corrected chi connectivity index (χ0v) is 10.5. The quantitative estimate of drug-likeness (QED) is 0.591. The minimum absolute atomic E-state index is 0.387. The van der Waals surface area contributed by atoms with E-state index in [0.29, 0.717) is 18.2 Å². The van der Waals surface area contributed by atoms with E-state index in [0.717, 1.165) is 0 Å². The van der Waals surface area contributed by atoms with Gasteiger partial charge in [0.25, 0.3) is 12.1 Å². The molecule has 0 saturated heterocycles.